The molecule has 138 valence electrons. The first-order valence-electron chi connectivity index (χ1n) is 8.51. The number of rotatable bonds is 5. The van der Waals surface area contributed by atoms with E-state index in [1.165, 1.54) is 31.5 Å². The second kappa shape index (κ2) is 10.5. The lowest BCUT2D eigenvalue weighted by atomic mass is 10.0. The SMILES string of the molecule is CCN1CCCCC1CNC(=NC)N(C)Cc1cc(Cl)cn1C.I. The fourth-order valence-electron chi connectivity index (χ4n) is 3.34. The Morgan fingerprint density at radius 3 is 2.79 bits per heavy atom. The molecule has 1 fully saturated rings. The van der Waals surface area contributed by atoms with Crippen LogP contribution in [0, 0.1) is 0 Å². The predicted octanol–water partition coefficient (Wildman–Crippen LogP) is 3.18. The zero-order valence-corrected chi connectivity index (χ0v) is 18.3. The highest BCUT2D eigenvalue weighted by molar-refractivity contribution is 14.0. The standard InChI is InChI=1S/C17H30ClN5.HI/c1-5-23-9-7-6-8-15(23)11-20-17(19-2)22(4)13-16-10-14(18)12-21(16)3;/h10,12,15H,5-9,11,13H2,1-4H3,(H,19,20);1H. The van der Waals surface area contributed by atoms with Crippen LogP contribution in [0.4, 0.5) is 0 Å². The van der Waals surface area contributed by atoms with E-state index in [0.29, 0.717) is 6.04 Å². The predicted molar refractivity (Wildman–Crippen MR) is 114 cm³/mol. The van der Waals surface area contributed by atoms with Gasteiger partial charge in [0.25, 0.3) is 0 Å². The third-order valence-electron chi connectivity index (χ3n) is 4.70. The van der Waals surface area contributed by atoms with Gasteiger partial charge in [-0.2, -0.15) is 0 Å². The number of aromatic nitrogens is 1. The Morgan fingerprint density at radius 2 is 2.21 bits per heavy atom. The van der Waals surface area contributed by atoms with Crippen LogP contribution < -0.4 is 5.32 Å². The van der Waals surface area contributed by atoms with Crippen LogP contribution in [0.5, 0.6) is 0 Å². The summed E-state index contributed by atoms with van der Waals surface area (Å²) in [5, 5.41) is 4.32. The lowest BCUT2D eigenvalue weighted by Gasteiger charge is -2.35. The van der Waals surface area contributed by atoms with Gasteiger partial charge in [-0.1, -0.05) is 24.9 Å². The number of aryl methyl sites for hydroxylation is 1. The van der Waals surface area contributed by atoms with Gasteiger partial charge in [0.1, 0.15) is 0 Å². The van der Waals surface area contributed by atoms with Crippen LogP contribution in [-0.4, -0.2) is 60.1 Å². The van der Waals surface area contributed by atoms with E-state index < -0.39 is 0 Å². The molecule has 0 spiro atoms. The minimum atomic E-state index is 0. The number of hydrogen-bond donors (Lipinski definition) is 1. The van der Waals surface area contributed by atoms with E-state index in [0.717, 1.165) is 30.6 Å². The molecule has 7 heteroatoms. The van der Waals surface area contributed by atoms with Crippen LogP contribution in [0.2, 0.25) is 5.02 Å². The minimum Gasteiger partial charge on any atom is -0.355 e. The first-order valence-corrected chi connectivity index (χ1v) is 8.89. The summed E-state index contributed by atoms with van der Waals surface area (Å²) in [5.74, 6) is 0.934. The fourth-order valence-corrected chi connectivity index (χ4v) is 3.61. The van der Waals surface area contributed by atoms with Crippen LogP contribution in [0.1, 0.15) is 31.9 Å². The highest BCUT2D eigenvalue weighted by Crippen LogP contribution is 2.16. The van der Waals surface area contributed by atoms with Crippen molar-refractivity contribution < 1.29 is 0 Å². The fraction of sp³-hybridized carbons (Fsp3) is 0.706. The molecule has 5 nitrogen and oxygen atoms in total. The zero-order chi connectivity index (χ0) is 16.8. The summed E-state index contributed by atoms with van der Waals surface area (Å²) < 4.78 is 2.06. The van der Waals surface area contributed by atoms with Crippen molar-refractivity contribution in [3.8, 4) is 0 Å². The van der Waals surface area contributed by atoms with E-state index in [-0.39, 0.29) is 24.0 Å². The molecule has 0 amide bonds. The van der Waals surface area contributed by atoms with Gasteiger partial charge in [-0.05, 0) is 32.0 Å². The van der Waals surface area contributed by atoms with Gasteiger partial charge in [0.05, 0.1) is 11.6 Å². The third-order valence-corrected chi connectivity index (χ3v) is 4.90. The number of aliphatic imine (C=N–C) groups is 1. The molecule has 1 atom stereocenters. The van der Waals surface area contributed by atoms with Crippen molar-refractivity contribution in [2.24, 2.45) is 12.0 Å². The molecule has 1 aromatic rings. The Balaban J connectivity index is 0.00000288. The highest BCUT2D eigenvalue weighted by atomic mass is 127. The molecule has 0 saturated carbocycles. The quantitative estimate of drug-likeness (QED) is 0.410. The van der Waals surface area contributed by atoms with Crippen LogP contribution >= 0.6 is 35.6 Å². The van der Waals surface area contributed by atoms with Crippen LogP contribution in [0.25, 0.3) is 0 Å². The molecule has 0 bridgehead atoms. The number of halogens is 2. The Kier molecular flexibility index (Phi) is 9.44. The maximum Gasteiger partial charge on any atom is 0.193 e. The van der Waals surface area contributed by atoms with E-state index in [1.807, 2.05) is 26.4 Å². The van der Waals surface area contributed by atoms with Crippen molar-refractivity contribution in [3.05, 3.63) is 23.0 Å². The van der Waals surface area contributed by atoms with Crippen molar-refractivity contribution in [1.29, 1.82) is 0 Å². The smallest absolute Gasteiger partial charge is 0.193 e. The molecule has 1 aliphatic rings. The molecule has 1 unspecified atom stereocenters. The summed E-state index contributed by atoms with van der Waals surface area (Å²) in [4.78, 5) is 9.14. The Labute approximate surface area is 168 Å². The molecule has 0 radical (unpaired) electrons. The monoisotopic (exact) mass is 467 g/mol. The second-order valence-corrected chi connectivity index (χ2v) is 6.76. The van der Waals surface area contributed by atoms with E-state index in [2.05, 4.69) is 38.6 Å². The molecule has 1 aromatic heterocycles. The van der Waals surface area contributed by atoms with Crippen molar-refractivity contribution in [2.75, 3.05) is 33.7 Å². The molecule has 1 aliphatic heterocycles. The largest absolute Gasteiger partial charge is 0.355 e. The maximum atomic E-state index is 6.07. The van der Waals surface area contributed by atoms with Gasteiger partial charge >= 0.3 is 0 Å². The lowest BCUT2D eigenvalue weighted by Crippen LogP contribution is -2.49. The summed E-state index contributed by atoms with van der Waals surface area (Å²) >= 11 is 6.07. The van der Waals surface area contributed by atoms with Crippen LogP contribution in [0.3, 0.4) is 0 Å². The second-order valence-electron chi connectivity index (χ2n) is 6.32. The lowest BCUT2D eigenvalue weighted by molar-refractivity contribution is 0.156. The van der Waals surface area contributed by atoms with Gasteiger partial charge in [0.2, 0.25) is 0 Å². The van der Waals surface area contributed by atoms with E-state index >= 15 is 0 Å². The number of piperidine rings is 1. The van der Waals surface area contributed by atoms with E-state index in [9.17, 15) is 0 Å². The number of nitrogens with one attached hydrogen (secondary N) is 1. The van der Waals surface area contributed by atoms with Gasteiger partial charge in [-0.3, -0.25) is 9.89 Å². The number of likely N-dealkylation sites (N-methyl/N-ethyl adjacent to an activating group) is 1. The van der Waals surface area contributed by atoms with Crippen molar-refractivity contribution in [2.45, 2.75) is 38.8 Å². The van der Waals surface area contributed by atoms with Crippen molar-refractivity contribution in [1.82, 2.24) is 19.7 Å². The number of nitrogens with zero attached hydrogens (tertiary/aromatic N) is 4. The Hall–Kier alpha value is -0.470. The van der Waals surface area contributed by atoms with Gasteiger partial charge in [0.15, 0.2) is 5.96 Å². The molecule has 2 heterocycles. The maximum absolute atomic E-state index is 6.07. The first kappa shape index (κ1) is 21.6. The van der Waals surface area contributed by atoms with Crippen molar-refractivity contribution in [3.63, 3.8) is 0 Å². The molecule has 24 heavy (non-hydrogen) atoms. The molecular weight excluding hydrogens is 437 g/mol. The topological polar surface area (TPSA) is 35.8 Å². The number of hydrogen-bond acceptors (Lipinski definition) is 2. The van der Waals surface area contributed by atoms with Gasteiger partial charge in [-0.25, -0.2) is 0 Å². The van der Waals surface area contributed by atoms with Gasteiger partial charge < -0.3 is 14.8 Å². The molecule has 0 aromatic carbocycles. The number of likely N-dealkylation sites (tertiary alicyclic amines) is 1. The average Bonchev–Trinajstić information content (AvgIpc) is 2.85. The molecule has 2 rings (SSSR count). The Bertz CT molecular complexity index is 531. The summed E-state index contributed by atoms with van der Waals surface area (Å²) in [6, 6.07) is 2.62. The molecule has 1 N–H and O–H groups in total. The summed E-state index contributed by atoms with van der Waals surface area (Å²) in [6.07, 6.45) is 5.86. The van der Waals surface area contributed by atoms with Crippen molar-refractivity contribution >= 4 is 41.5 Å². The molecule has 0 aliphatic carbocycles. The minimum absolute atomic E-state index is 0. The molecule has 1 saturated heterocycles. The van der Waals surface area contributed by atoms with E-state index in [4.69, 9.17) is 11.6 Å². The van der Waals surface area contributed by atoms with E-state index in [1.54, 1.807) is 0 Å². The highest BCUT2D eigenvalue weighted by Gasteiger charge is 2.21. The summed E-state index contributed by atoms with van der Waals surface area (Å²) in [5.41, 5.74) is 1.17. The molecular formula is C17H31ClIN5. The number of guanidine groups is 1. The van der Waals surface area contributed by atoms with Crippen LogP contribution in [-0.2, 0) is 13.6 Å². The zero-order valence-electron chi connectivity index (χ0n) is 15.3. The summed E-state index contributed by atoms with van der Waals surface area (Å²) in [7, 11) is 5.93. The average molecular weight is 468 g/mol. The third kappa shape index (κ3) is 5.81. The Morgan fingerprint density at radius 1 is 1.46 bits per heavy atom. The first-order chi connectivity index (χ1) is 11.0. The van der Waals surface area contributed by atoms with Gasteiger partial charge in [-0.15, -0.1) is 24.0 Å². The van der Waals surface area contributed by atoms with Crippen LogP contribution in [0.15, 0.2) is 17.3 Å². The summed E-state index contributed by atoms with van der Waals surface area (Å²) in [6.45, 7) is 6.34. The van der Waals surface area contributed by atoms with Gasteiger partial charge in [0, 0.05) is 45.6 Å². The normalized spacial score (nSPS) is 19.0.